The molecule has 0 atom stereocenters. The van der Waals surface area contributed by atoms with E-state index in [0.717, 1.165) is 24.5 Å². The van der Waals surface area contributed by atoms with Gasteiger partial charge in [0.15, 0.2) is 0 Å². The van der Waals surface area contributed by atoms with Gasteiger partial charge >= 0.3 is 0 Å². The third kappa shape index (κ3) is 2.89. The molecular weight excluding hydrogens is 240 g/mol. The van der Waals surface area contributed by atoms with E-state index in [1.165, 1.54) is 0 Å². The molecule has 4 nitrogen and oxygen atoms in total. The Morgan fingerprint density at radius 3 is 2.94 bits per heavy atom. The van der Waals surface area contributed by atoms with Gasteiger partial charge in [0.2, 0.25) is 0 Å². The van der Waals surface area contributed by atoms with Crippen molar-refractivity contribution in [2.45, 2.75) is 26.1 Å². The van der Waals surface area contributed by atoms with E-state index < -0.39 is 0 Å². The van der Waals surface area contributed by atoms with E-state index in [1.807, 2.05) is 0 Å². The number of rotatable bonds is 2. The number of ether oxygens (including phenoxy) is 1. The lowest BCUT2D eigenvalue weighted by atomic mass is 10.1. The molecule has 2 heterocycles. The van der Waals surface area contributed by atoms with Crippen molar-refractivity contribution in [1.82, 2.24) is 4.98 Å². The Morgan fingerprint density at radius 2 is 2.35 bits per heavy atom. The molecule has 5 heteroatoms. The maximum Gasteiger partial charge on any atom is 0.147 e. The van der Waals surface area contributed by atoms with Gasteiger partial charge in [0.05, 0.1) is 23.8 Å². The van der Waals surface area contributed by atoms with Crippen molar-refractivity contribution < 1.29 is 9.84 Å². The van der Waals surface area contributed by atoms with Crippen molar-refractivity contribution in [2.24, 2.45) is 0 Å². The molecule has 1 aromatic rings. The minimum Gasteiger partial charge on any atom is -0.392 e. The standard InChI is InChI=1S/C12H17ClN2O2/c1-12(2)8-15(3-4-17-12)11-10(13)5-9(7-16)6-14-11/h5-6,16H,3-4,7-8H2,1-2H3. The Labute approximate surface area is 106 Å². The monoisotopic (exact) mass is 256 g/mol. The molecule has 0 radical (unpaired) electrons. The van der Waals surface area contributed by atoms with E-state index in [2.05, 4.69) is 23.7 Å². The highest BCUT2D eigenvalue weighted by atomic mass is 35.5. The average Bonchev–Trinajstić information content (AvgIpc) is 2.27. The zero-order valence-electron chi connectivity index (χ0n) is 10.1. The van der Waals surface area contributed by atoms with Crippen molar-refractivity contribution in [3.05, 3.63) is 22.8 Å². The summed E-state index contributed by atoms with van der Waals surface area (Å²) in [6, 6.07) is 1.76. The van der Waals surface area contributed by atoms with Crippen LogP contribution in [0.1, 0.15) is 19.4 Å². The number of anilines is 1. The topological polar surface area (TPSA) is 45.6 Å². The van der Waals surface area contributed by atoms with Gasteiger partial charge in [0.25, 0.3) is 0 Å². The molecule has 0 amide bonds. The van der Waals surface area contributed by atoms with Crippen LogP contribution in [0.15, 0.2) is 12.3 Å². The van der Waals surface area contributed by atoms with Gasteiger partial charge < -0.3 is 14.7 Å². The Hall–Kier alpha value is -0.840. The average molecular weight is 257 g/mol. The molecule has 1 aromatic heterocycles. The Morgan fingerprint density at radius 1 is 1.59 bits per heavy atom. The Kier molecular flexibility index (Phi) is 3.56. The first-order valence-corrected chi connectivity index (χ1v) is 6.04. The Bertz CT molecular complexity index is 409. The minimum atomic E-state index is -0.182. The molecule has 0 aliphatic carbocycles. The molecule has 1 aliphatic heterocycles. The maximum atomic E-state index is 9.01. The zero-order valence-corrected chi connectivity index (χ0v) is 10.9. The first kappa shape index (κ1) is 12.6. The number of halogens is 1. The van der Waals surface area contributed by atoms with Crippen LogP contribution < -0.4 is 4.90 Å². The van der Waals surface area contributed by atoms with Crippen LogP contribution in [0.2, 0.25) is 5.02 Å². The van der Waals surface area contributed by atoms with Crippen molar-refractivity contribution >= 4 is 17.4 Å². The van der Waals surface area contributed by atoms with Crippen LogP contribution in [0.3, 0.4) is 0 Å². The van der Waals surface area contributed by atoms with Gasteiger partial charge in [-0.3, -0.25) is 0 Å². The SMILES string of the molecule is CC1(C)CN(c2ncc(CO)cc2Cl)CCO1. The predicted octanol–water partition coefficient (Wildman–Crippen LogP) is 1.84. The number of aromatic nitrogens is 1. The fourth-order valence-electron chi connectivity index (χ4n) is 1.99. The van der Waals surface area contributed by atoms with Gasteiger partial charge in [0.1, 0.15) is 5.82 Å². The van der Waals surface area contributed by atoms with E-state index >= 15 is 0 Å². The fraction of sp³-hybridized carbons (Fsp3) is 0.583. The second-order valence-electron chi connectivity index (χ2n) is 4.84. The van der Waals surface area contributed by atoms with Gasteiger partial charge in [-0.15, -0.1) is 0 Å². The molecule has 2 rings (SSSR count). The molecule has 0 saturated carbocycles. The lowest BCUT2D eigenvalue weighted by Gasteiger charge is -2.39. The van der Waals surface area contributed by atoms with E-state index in [0.29, 0.717) is 11.6 Å². The molecule has 1 aliphatic rings. The molecule has 1 N–H and O–H groups in total. The Balaban J connectivity index is 2.22. The van der Waals surface area contributed by atoms with Crippen LogP contribution in [0.4, 0.5) is 5.82 Å². The molecule has 1 saturated heterocycles. The number of nitrogens with zero attached hydrogens (tertiary/aromatic N) is 2. The minimum absolute atomic E-state index is 0.0401. The van der Waals surface area contributed by atoms with Crippen LogP contribution in [-0.4, -0.2) is 35.4 Å². The van der Waals surface area contributed by atoms with Gasteiger partial charge in [0, 0.05) is 19.3 Å². The number of hydrogen-bond donors (Lipinski definition) is 1. The van der Waals surface area contributed by atoms with Crippen LogP contribution in [0, 0.1) is 0 Å². The quantitative estimate of drug-likeness (QED) is 0.877. The number of aliphatic hydroxyl groups excluding tert-OH is 1. The van der Waals surface area contributed by atoms with Gasteiger partial charge in [-0.05, 0) is 25.5 Å². The van der Waals surface area contributed by atoms with E-state index in [9.17, 15) is 0 Å². The molecule has 1 fully saturated rings. The first-order chi connectivity index (χ1) is 8.02. The van der Waals surface area contributed by atoms with E-state index in [1.54, 1.807) is 12.3 Å². The highest BCUT2D eigenvalue weighted by Gasteiger charge is 2.28. The van der Waals surface area contributed by atoms with E-state index in [-0.39, 0.29) is 12.2 Å². The molecule has 0 aromatic carbocycles. The molecular formula is C12H17ClN2O2. The third-order valence-corrected chi connectivity index (χ3v) is 3.06. The van der Waals surface area contributed by atoms with Gasteiger partial charge in [-0.2, -0.15) is 0 Å². The lowest BCUT2D eigenvalue weighted by molar-refractivity contribution is -0.0279. The summed E-state index contributed by atoms with van der Waals surface area (Å²) in [5.74, 6) is 0.764. The number of aliphatic hydroxyl groups is 1. The van der Waals surface area contributed by atoms with Crippen molar-refractivity contribution in [2.75, 3.05) is 24.6 Å². The lowest BCUT2D eigenvalue weighted by Crippen LogP contribution is -2.48. The summed E-state index contributed by atoms with van der Waals surface area (Å²) in [7, 11) is 0. The number of pyridine rings is 1. The fourth-order valence-corrected chi connectivity index (χ4v) is 2.30. The van der Waals surface area contributed by atoms with Crippen LogP contribution >= 0.6 is 11.6 Å². The third-order valence-electron chi connectivity index (χ3n) is 2.79. The summed E-state index contributed by atoms with van der Waals surface area (Å²) < 4.78 is 5.65. The van der Waals surface area contributed by atoms with Gasteiger partial charge in [-0.1, -0.05) is 11.6 Å². The van der Waals surface area contributed by atoms with Crippen molar-refractivity contribution in [3.63, 3.8) is 0 Å². The van der Waals surface area contributed by atoms with E-state index in [4.69, 9.17) is 21.4 Å². The number of hydrogen-bond acceptors (Lipinski definition) is 4. The summed E-state index contributed by atoms with van der Waals surface area (Å²) in [6.07, 6.45) is 1.66. The molecule has 17 heavy (non-hydrogen) atoms. The second-order valence-corrected chi connectivity index (χ2v) is 5.24. The van der Waals surface area contributed by atoms with Gasteiger partial charge in [-0.25, -0.2) is 4.98 Å². The summed E-state index contributed by atoms with van der Waals surface area (Å²) in [5, 5.41) is 9.59. The predicted molar refractivity (Wildman–Crippen MR) is 67.4 cm³/mol. The summed E-state index contributed by atoms with van der Waals surface area (Å²) >= 11 is 6.18. The second kappa shape index (κ2) is 4.80. The molecule has 0 spiro atoms. The van der Waals surface area contributed by atoms with Crippen molar-refractivity contribution in [1.29, 1.82) is 0 Å². The maximum absolute atomic E-state index is 9.01. The highest BCUT2D eigenvalue weighted by Crippen LogP contribution is 2.28. The van der Waals surface area contributed by atoms with Crippen LogP contribution in [0.25, 0.3) is 0 Å². The summed E-state index contributed by atoms with van der Waals surface area (Å²) in [6.45, 7) is 6.28. The zero-order chi connectivity index (χ0) is 12.5. The largest absolute Gasteiger partial charge is 0.392 e. The van der Waals surface area contributed by atoms with Crippen molar-refractivity contribution in [3.8, 4) is 0 Å². The van der Waals surface area contributed by atoms with Crippen LogP contribution in [0.5, 0.6) is 0 Å². The molecule has 0 bridgehead atoms. The summed E-state index contributed by atoms with van der Waals surface area (Å²) in [5.41, 5.74) is 0.546. The summed E-state index contributed by atoms with van der Waals surface area (Å²) in [4.78, 5) is 6.43. The molecule has 94 valence electrons. The smallest absolute Gasteiger partial charge is 0.147 e. The van der Waals surface area contributed by atoms with Crippen LogP contribution in [-0.2, 0) is 11.3 Å². The normalized spacial score (nSPS) is 19.4. The first-order valence-electron chi connectivity index (χ1n) is 5.66. The molecule has 0 unspecified atom stereocenters. The highest BCUT2D eigenvalue weighted by molar-refractivity contribution is 6.33. The number of morpholine rings is 1.